The first-order valence-electron chi connectivity index (χ1n) is 6.07. The molecule has 2 N–H and O–H groups in total. The number of fused-ring (bicyclic) bond motifs is 1. The number of rotatable bonds is 3. The Bertz CT molecular complexity index is 607. The first-order valence-corrected chi connectivity index (χ1v) is 6.87. The van der Waals surface area contributed by atoms with Gasteiger partial charge in [-0.25, -0.2) is 0 Å². The van der Waals surface area contributed by atoms with Crippen molar-refractivity contribution in [3.8, 4) is 11.8 Å². The molecule has 0 fully saturated rings. The lowest BCUT2D eigenvalue weighted by molar-refractivity contribution is -0.146. The van der Waals surface area contributed by atoms with E-state index in [1.165, 1.54) is 0 Å². The summed E-state index contributed by atoms with van der Waals surface area (Å²) >= 11 is 3.37. The maximum atomic E-state index is 11.9. The Labute approximate surface area is 125 Å². The standard InChI is InChI=1S/C14H13BrN2O3/c1-2-19-14(18)11(7-16)9-6-13(17)20-12-4-3-8(15)5-10(9)12/h3-6,9,11H,2,17H2,1H3. The van der Waals surface area contributed by atoms with E-state index >= 15 is 0 Å². The number of carbonyl (C=O) groups excluding carboxylic acids is 1. The van der Waals surface area contributed by atoms with E-state index in [1.54, 1.807) is 25.1 Å². The normalized spacial score (nSPS) is 18.1. The number of esters is 1. The quantitative estimate of drug-likeness (QED) is 0.856. The summed E-state index contributed by atoms with van der Waals surface area (Å²) < 4.78 is 11.2. The second-order valence-corrected chi connectivity index (χ2v) is 5.15. The van der Waals surface area contributed by atoms with E-state index in [9.17, 15) is 10.1 Å². The average molecular weight is 337 g/mol. The molecule has 104 valence electrons. The number of carbonyl (C=O) groups is 1. The maximum Gasteiger partial charge on any atom is 0.324 e. The molecule has 2 rings (SSSR count). The van der Waals surface area contributed by atoms with Crippen LogP contribution in [0.15, 0.2) is 34.6 Å². The van der Waals surface area contributed by atoms with Gasteiger partial charge in [0, 0.05) is 16.0 Å². The molecule has 1 aromatic carbocycles. The minimum Gasteiger partial charge on any atom is -0.465 e. The molecule has 5 nitrogen and oxygen atoms in total. The van der Waals surface area contributed by atoms with Crippen LogP contribution in [0.1, 0.15) is 18.4 Å². The van der Waals surface area contributed by atoms with Crippen LogP contribution in [-0.2, 0) is 9.53 Å². The Balaban J connectivity index is 2.44. The van der Waals surface area contributed by atoms with Crippen molar-refractivity contribution in [3.05, 3.63) is 40.2 Å². The van der Waals surface area contributed by atoms with Crippen molar-refractivity contribution in [1.82, 2.24) is 0 Å². The van der Waals surface area contributed by atoms with Crippen molar-refractivity contribution in [2.45, 2.75) is 12.8 Å². The molecule has 0 saturated carbocycles. The zero-order valence-corrected chi connectivity index (χ0v) is 12.4. The van der Waals surface area contributed by atoms with Crippen LogP contribution >= 0.6 is 15.9 Å². The fraction of sp³-hybridized carbons (Fsp3) is 0.286. The molecule has 0 spiro atoms. The average Bonchev–Trinajstić information content (AvgIpc) is 2.40. The topological polar surface area (TPSA) is 85.3 Å². The van der Waals surface area contributed by atoms with E-state index in [4.69, 9.17) is 15.2 Å². The van der Waals surface area contributed by atoms with Gasteiger partial charge in [-0.05, 0) is 31.2 Å². The van der Waals surface area contributed by atoms with Gasteiger partial charge >= 0.3 is 5.97 Å². The summed E-state index contributed by atoms with van der Waals surface area (Å²) in [4.78, 5) is 11.9. The fourth-order valence-electron chi connectivity index (χ4n) is 2.09. The van der Waals surface area contributed by atoms with Crippen molar-refractivity contribution >= 4 is 21.9 Å². The number of nitrogens with two attached hydrogens (primary N) is 1. The van der Waals surface area contributed by atoms with Crippen molar-refractivity contribution in [3.63, 3.8) is 0 Å². The summed E-state index contributed by atoms with van der Waals surface area (Å²) in [5.41, 5.74) is 6.44. The van der Waals surface area contributed by atoms with Gasteiger partial charge in [-0.2, -0.15) is 5.26 Å². The first-order chi connectivity index (χ1) is 9.56. The SMILES string of the molecule is CCOC(=O)C(C#N)C1C=C(N)Oc2ccc(Br)cc21. The third kappa shape index (κ3) is 2.78. The summed E-state index contributed by atoms with van der Waals surface area (Å²) in [6.07, 6.45) is 1.57. The van der Waals surface area contributed by atoms with Gasteiger partial charge in [-0.1, -0.05) is 15.9 Å². The monoisotopic (exact) mass is 336 g/mol. The molecule has 2 unspecified atom stereocenters. The van der Waals surface area contributed by atoms with Crippen molar-refractivity contribution in [2.24, 2.45) is 11.7 Å². The Hall–Kier alpha value is -2.00. The van der Waals surface area contributed by atoms with Gasteiger partial charge < -0.3 is 15.2 Å². The summed E-state index contributed by atoms with van der Waals surface area (Å²) in [7, 11) is 0. The second-order valence-electron chi connectivity index (χ2n) is 4.24. The number of halogens is 1. The first kappa shape index (κ1) is 14.4. The third-order valence-corrected chi connectivity index (χ3v) is 3.43. The maximum absolute atomic E-state index is 11.9. The van der Waals surface area contributed by atoms with Crippen LogP contribution in [-0.4, -0.2) is 12.6 Å². The molecule has 0 saturated heterocycles. The molecular formula is C14H13BrN2O3. The predicted molar refractivity (Wildman–Crippen MR) is 75.5 cm³/mol. The van der Waals surface area contributed by atoms with Crippen LogP contribution in [0.3, 0.4) is 0 Å². The molecule has 0 aliphatic carbocycles. The van der Waals surface area contributed by atoms with E-state index in [1.807, 2.05) is 12.1 Å². The van der Waals surface area contributed by atoms with Crippen LogP contribution in [0.4, 0.5) is 0 Å². The fourth-order valence-corrected chi connectivity index (χ4v) is 2.47. The van der Waals surface area contributed by atoms with E-state index < -0.39 is 17.8 Å². The Kier molecular flexibility index (Phi) is 4.30. The molecule has 1 aliphatic rings. The van der Waals surface area contributed by atoms with Gasteiger partial charge in [-0.15, -0.1) is 0 Å². The highest BCUT2D eigenvalue weighted by Gasteiger charge is 2.34. The lowest BCUT2D eigenvalue weighted by atomic mass is 9.85. The molecule has 6 heteroatoms. The number of nitriles is 1. The minimum atomic E-state index is -0.953. The van der Waals surface area contributed by atoms with Crippen LogP contribution in [0, 0.1) is 17.2 Å². The molecule has 1 aliphatic heterocycles. The number of ether oxygens (including phenoxy) is 2. The largest absolute Gasteiger partial charge is 0.465 e. The highest BCUT2D eigenvalue weighted by Crippen LogP contribution is 2.39. The van der Waals surface area contributed by atoms with E-state index in [-0.39, 0.29) is 12.5 Å². The van der Waals surface area contributed by atoms with Gasteiger partial charge in [0.25, 0.3) is 0 Å². The van der Waals surface area contributed by atoms with Crippen LogP contribution < -0.4 is 10.5 Å². The number of allylic oxidation sites excluding steroid dienone is 1. The predicted octanol–water partition coefficient (Wildman–Crippen LogP) is 2.43. The summed E-state index contributed by atoms with van der Waals surface area (Å²) in [5.74, 6) is -1.28. The van der Waals surface area contributed by atoms with Gasteiger partial charge in [0.15, 0.2) is 11.8 Å². The highest BCUT2D eigenvalue weighted by atomic mass is 79.9. The third-order valence-electron chi connectivity index (χ3n) is 2.94. The van der Waals surface area contributed by atoms with Crippen LogP contribution in [0.5, 0.6) is 5.75 Å². The smallest absolute Gasteiger partial charge is 0.324 e. The molecular weight excluding hydrogens is 324 g/mol. The zero-order valence-electron chi connectivity index (χ0n) is 10.8. The van der Waals surface area contributed by atoms with Gasteiger partial charge in [0.2, 0.25) is 0 Å². The number of benzene rings is 1. The number of hydrogen-bond donors (Lipinski definition) is 1. The zero-order chi connectivity index (χ0) is 14.7. The molecule has 0 aromatic heterocycles. The Morgan fingerprint density at radius 1 is 1.65 bits per heavy atom. The number of nitrogens with zero attached hydrogens (tertiary/aromatic N) is 1. The second kappa shape index (κ2) is 5.97. The molecule has 0 amide bonds. The minimum absolute atomic E-state index is 0.175. The summed E-state index contributed by atoms with van der Waals surface area (Å²) in [6.45, 7) is 1.93. The van der Waals surface area contributed by atoms with E-state index in [2.05, 4.69) is 15.9 Å². The summed E-state index contributed by atoms with van der Waals surface area (Å²) in [6, 6.07) is 7.35. The molecule has 0 radical (unpaired) electrons. The number of hydrogen-bond acceptors (Lipinski definition) is 5. The lowest BCUT2D eigenvalue weighted by Crippen LogP contribution is -2.26. The molecule has 1 heterocycles. The van der Waals surface area contributed by atoms with Crippen molar-refractivity contribution in [2.75, 3.05) is 6.61 Å². The van der Waals surface area contributed by atoms with Crippen LogP contribution in [0.2, 0.25) is 0 Å². The Morgan fingerprint density at radius 2 is 2.40 bits per heavy atom. The molecule has 1 aromatic rings. The van der Waals surface area contributed by atoms with E-state index in [0.29, 0.717) is 5.75 Å². The lowest BCUT2D eigenvalue weighted by Gasteiger charge is -2.25. The summed E-state index contributed by atoms with van der Waals surface area (Å²) in [5, 5.41) is 9.28. The van der Waals surface area contributed by atoms with Crippen molar-refractivity contribution < 1.29 is 14.3 Å². The van der Waals surface area contributed by atoms with E-state index in [0.717, 1.165) is 10.0 Å². The molecule has 20 heavy (non-hydrogen) atoms. The van der Waals surface area contributed by atoms with Gasteiger partial charge in [0.05, 0.1) is 12.7 Å². The van der Waals surface area contributed by atoms with Gasteiger partial charge in [0.1, 0.15) is 5.75 Å². The highest BCUT2D eigenvalue weighted by molar-refractivity contribution is 9.10. The Morgan fingerprint density at radius 3 is 3.05 bits per heavy atom. The molecule has 0 bridgehead atoms. The van der Waals surface area contributed by atoms with Crippen LogP contribution in [0.25, 0.3) is 0 Å². The van der Waals surface area contributed by atoms with Crippen molar-refractivity contribution in [1.29, 1.82) is 5.26 Å². The molecule has 2 atom stereocenters. The van der Waals surface area contributed by atoms with Gasteiger partial charge in [-0.3, -0.25) is 4.79 Å².